The zero-order valence-electron chi connectivity index (χ0n) is 17.8. The van der Waals surface area contributed by atoms with Crippen molar-refractivity contribution in [1.82, 2.24) is 15.3 Å². The SMILES string of the molecule is CC(C)(c1ccc(Oc2ccnc(Br)n2)cc1)c1ccc(O[C@H]2C[C@H](NC(=O)O)C2)cc1. The van der Waals surface area contributed by atoms with Crippen molar-refractivity contribution in [3.63, 3.8) is 0 Å². The number of amides is 1. The molecule has 1 amide bonds. The predicted octanol–water partition coefficient (Wildman–Crippen LogP) is 5.53. The monoisotopic (exact) mass is 497 g/mol. The van der Waals surface area contributed by atoms with Crippen LogP contribution in [0.3, 0.4) is 0 Å². The summed E-state index contributed by atoms with van der Waals surface area (Å²) in [6, 6.07) is 17.8. The standard InChI is InChI=1S/C24H24BrN3O4/c1-24(2,16-5-9-19(10-6-16)32-21-11-12-26-22(25)28-21)15-3-7-18(8-4-15)31-20-13-17(14-20)27-23(29)30/h3-12,17,20,27H,13-14H2,1-2H3,(H,29,30)/t17-,20-. The molecule has 0 unspecified atom stereocenters. The molecule has 7 nitrogen and oxygen atoms in total. The second-order valence-electron chi connectivity index (χ2n) is 8.30. The Morgan fingerprint density at radius 3 is 2.19 bits per heavy atom. The van der Waals surface area contributed by atoms with Crippen LogP contribution in [0.5, 0.6) is 17.4 Å². The molecule has 4 rings (SSSR count). The van der Waals surface area contributed by atoms with Crippen molar-refractivity contribution >= 4 is 22.0 Å². The van der Waals surface area contributed by atoms with Gasteiger partial charge in [-0.1, -0.05) is 38.1 Å². The molecule has 2 aromatic carbocycles. The molecular formula is C24H24BrN3O4. The van der Waals surface area contributed by atoms with E-state index < -0.39 is 6.09 Å². The molecule has 0 saturated heterocycles. The average Bonchev–Trinajstić information content (AvgIpc) is 2.73. The van der Waals surface area contributed by atoms with E-state index in [2.05, 4.69) is 69.3 Å². The Hall–Kier alpha value is -3.13. The summed E-state index contributed by atoms with van der Waals surface area (Å²) in [5, 5.41) is 11.2. The van der Waals surface area contributed by atoms with Crippen LogP contribution in [-0.2, 0) is 5.41 Å². The van der Waals surface area contributed by atoms with Crippen molar-refractivity contribution in [1.29, 1.82) is 0 Å². The minimum absolute atomic E-state index is 0.0153. The molecule has 1 aliphatic rings. The van der Waals surface area contributed by atoms with E-state index in [1.807, 2.05) is 24.3 Å². The highest BCUT2D eigenvalue weighted by Crippen LogP contribution is 2.34. The van der Waals surface area contributed by atoms with Crippen LogP contribution in [0.15, 0.2) is 65.5 Å². The van der Waals surface area contributed by atoms with Crippen molar-refractivity contribution in [3.8, 4) is 17.4 Å². The highest BCUT2D eigenvalue weighted by Gasteiger charge is 2.32. The second-order valence-corrected chi connectivity index (χ2v) is 9.01. The topological polar surface area (TPSA) is 93.6 Å². The van der Waals surface area contributed by atoms with Crippen molar-refractivity contribution < 1.29 is 19.4 Å². The fourth-order valence-corrected chi connectivity index (χ4v) is 3.99. The second kappa shape index (κ2) is 9.16. The molecule has 0 atom stereocenters. The maximum absolute atomic E-state index is 10.7. The van der Waals surface area contributed by atoms with Crippen LogP contribution in [0, 0.1) is 0 Å². The van der Waals surface area contributed by atoms with E-state index in [-0.39, 0.29) is 17.6 Å². The minimum atomic E-state index is -0.985. The molecule has 8 heteroatoms. The summed E-state index contributed by atoms with van der Waals surface area (Å²) in [6.07, 6.45) is 2.09. The molecule has 1 aliphatic carbocycles. The fourth-order valence-electron chi connectivity index (χ4n) is 3.70. The lowest BCUT2D eigenvalue weighted by Crippen LogP contribution is -2.48. The Balaban J connectivity index is 1.38. The lowest BCUT2D eigenvalue weighted by atomic mass is 9.78. The van der Waals surface area contributed by atoms with Crippen LogP contribution in [0.1, 0.15) is 37.8 Å². The van der Waals surface area contributed by atoms with Gasteiger partial charge in [0.05, 0.1) is 0 Å². The van der Waals surface area contributed by atoms with Gasteiger partial charge in [0.25, 0.3) is 0 Å². The fraction of sp³-hybridized carbons (Fsp3) is 0.292. The zero-order valence-corrected chi connectivity index (χ0v) is 19.4. The highest BCUT2D eigenvalue weighted by atomic mass is 79.9. The molecule has 0 spiro atoms. The van der Waals surface area contributed by atoms with Crippen molar-refractivity contribution in [3.05, 3.63) is 76.7 Å². The van der Waals surface area contributed by atoms with Crippen molar-refractivity contribution in [2.75, 3.05) is 0 Å². The maximum Gasteiger partial charge on any atom is 0.404 e. The number of ether oxygens (including phenoxy) is 2. The minimum Gasteiger partial charge on any atom is -0.490 e. The molecule has 1 heterocycles. The summed E-state index contributed by atoms with van der Waals surface area (Å²) in [6.45, 7) is 4.35. The van der Waals surface area contributed by atoms with Gasteiger partial charge in [0.1, 0.15) is 17.6 Å². The summed E-state index contributed by atoms with van der Waals surface area (Å²) in [5.74, 6) is 1.98. The third-order valence-corrected chi connectivity index (χ3v) is 6.08. The maximum atomic E-state index is 10.7. The van der Waals surface area contributed by atoms with Gasteiger partial charge in [-0.15, -0.1) is 0 Å². The van der Waals surface area contributed by atoms with Gasteiger partial charge in [0, 0.05) is 36.6 Å². The predicted molar refractivity (Wildman–Crippen MR) is 123 cm³/mol. The normalized spacial score (nSPS) is 17.8. The van der Waals surface area contributed by atoms with Crippen LogP contribution in [-0.4, -0.2) is 33.3 Å². The number of carbonyl (C=O) groups is 1. The van der Waals surface area contributed by atoms with Crippen LogP contribution >= 0.6 is 15.9 Å². The van der Waals surface area contributed by atoms with Gasteiger partial charge in [-0.25, -0.2) is 9.78 Å². The Morgan fingerprint density at radius 2 is 1.62 bits per heavy atom. The lowest BCUT2D eigenvalue weighted by Gasteiger charge is -2.35. The van der Waals surface area contributed by atoms with Crippen LogP contribution in [0.25, 0.3) is 0 Å². The smallest absolute Gasteiger partial charge is 0.404 e. The molecule has 0 aliphatic heterocycles. The quantitative estimate of drug-likeness (QED) is 0.416. The number of benzene rings is 2. The first kappa shape index (κ1) is 22.1. The van der Waals surface area contributed by atoms with E-state index in [0.717, 1.165) is 16.9 Å². The zero-order chi connectivity index (χ0) is 22.7. The van der Waals surface area contributed by atoms with E-state index in [9.17, 15) is 4.79 Å². The summed E-state index contributed by atoms with van der Waals surface area (Å²) in [5.41, 5.74) is 2.11. The van der Waals surface area contributed by atoms with Gasteiger partial charge in [0.15, 0.2) is 4.73 Å². The number of hydrogen-bond donors (Lipinski definition) is 2. The molecule has 1 aromatic heterocycles. The molecule has 2 N–H and O–H groups in total. The molecular weight excluding hydrogens is 474 g/mol. The number of hydrogen-bond acceptors (Lipinski definition) is 5. The van der Waals surface area contributed by atoms with Crippen LogP contribution in [0.4, 0.5) is 4.79 Å². The van der Waals surface area contributed by atoms with Crippen molar-refractivity contribution in [2.45, 2.75) is 44.2 Å². The number of nitrogens with one attached hydrogen (secondary N) is 1. The van der Waals surface area contributed by atoms with Crippen LogP contribution < -0.4 is 14.8 Å². The van der Waals surface area contributed by atoms with Crippen LogP contribution in [0.2, 0.25) is 0 Å². The third-order valence-electron chi connectivity index (χ3n) is 5.70. The Bertz CT molecular complexity index is 1080. The Morgan fingerprint density at radius 1 is 1.03 bits per heavy atom. The lowest BCUT2D eigenvalue weighted by molar-refractivity contribution is 0.0833. The summed E-state index contributed by atoms with van der Waals surface area (Å²) in [7, 11) is 0. The largest absolute Gasteiger partial charge is 0.490 e. The first-order chi connectivity index (χ1) is 15.3. The Kier molecular flexibility index (Phi) is 6.32. The van der Waals surface area contributed by atoms with Crippen molar-refractivity contribution in [2.24, 2.45) is 0 Å². The van der Waals surface area contributed by atoms with E-state index in [0.29, 0.717) is 29.2 Å². The van der Waals surface area contributed by atoms with Gasteiger partial charge < -0.3 is 19.9 Å². The van der Waals surface area contributed by atoms with E-state index >= 15 is 0 Å². The van der Waals surface area contributed by atoms with Gasteiger partial charge in [-0.3, -0.25) is 0 Å². The van der Waals surface area contributed by atoms with E-state index in [4.69, 9.17) is 14.6 Å². The average molecular weight is 498 g/mol. The molecule has 0 bridgehead atoms. The Labute approximate surface area is 194 Å². The molecule has 166 valence electrons. The van der Waals surface area contributed by atoms with Gasteiger partial charge >= 0.3 is 6.09 Å². The summed E-state index contributed by atoms with van der Waals surface area (Å²) in [4.78, 5) is 18.8. The number of halogens is 1. The first-order valence-corrected chi connectivity index (χ1v) is 11.1. The number of nitrogens with zero attached hydrogens (tertiary/aromatic N) is 2. The molecule has 3 aromatic rings. The van der Waals surface area contributed by atoms with Gasteiger partial charge in [0.2, 0.25) is 5.88 Å². The molecule has 0 radical (unpaired) electrons. The molecule has 32 heavy (non-hydrogen) atoms. The highest BCUT2D eigenvalue weighted by molar-refractivity contribution is 9.10. The van der Waals surface area contributed by atoms with E-state index in [1.165, 1.54) is 0 Å². The first-order valence-electron chi connectivity index (χ1n) is 10.3. The summed E-state index contributed by atoms with van der Waals surface area (Å²) < 4.78 is 12.2. The molecule has 1 fully saturated rings. The van der Waals surface area contributed by atoms with E-state index in [1.54, 1.807) is 12.3 Å². The van der Waals surface area contributed by atoms with Gasteiger partial charge in [-0.2, -0.15) is 4.98 Å². The number of carboxylic acid groups (broad SMARTS) is 1. The molecule has 1 saturated carbocycles. The number of aromatic nitrogens is 2. The van der Waals surface area contributed by atoms with Gasteiger partial charge in [-0.05, 0) is 51.3 Å². The third kappa shape index (κ3) is 5.19. The number of rotatable bonds is 7. The summed E-state index contributed by atoms with van der Waals surface area (Å²) >= 11 is 3.24.